The lowest BCUT2D eigenvalue weighted by atomic mass is 10.1. The maximum absolute atomic E-state index is 13.9. The Hall–Kier alpha value is -4.05. The molecule has 1 N–H and O–H groups in total. The maximum atomic E-state index is 13.9. The number of amides is 2. The van der Waals surface area contributed by atoms with Crippen LogP contribution < -0.4 is 19.1 Å². The first-order valence-electron chi connectivity index (χ1n) is 12.4. The van der Waals surface area contributed by atoms with Gasteiger partial charge in [-0.15, -0.1) is 0 Å². The molecule has 0 heterocycles. The van der Waals surface area contributed by atoms with Crippen LogP contribution in [0.25, 0.3) is 0 Å². The molecule has 208 valence electrons. The highest BCUT2D eigenvalue weighted by atomic mass is 32.2. The Morgan fingerprint density at radius 2 is 1.44 bits per heavy atom. The van der Waals surface area contributed by atoms with E-state index in [1.807, 2.05) is 38.1 Å². The van der Waals surface area contributed by atoms with Gasteiger partial charge in [0.25, 0.3) is 10.0 Å². The first kappa shape index (κ1) is 29.5. The van der Waals surface area contributed by atoms with Gasteiger partial charge in [0.05, 0.1) is 24.8 Å². The van der Waals surface area contributed by atoms with Gasteiger partial charge in [-0.25, -0.2) is 8.42 Å². The zero-order valence-corrected chi connectivity index (χ0v) is 23.9. The summed E-state index contributed by atoms with van der Waals surface area (Å²) in [5.41, 5.74) is 2.97. The molecule has 0 radical (unpaired) electrons. The minimum absolute atomic E-state index is 0.0279. The number of anilines is 1. The Morgan fingerprint density at radius 1 is 0.872 bits per heavy atom. The van der Waals surface area contributed by atoms with Crippen LogP contribution in [0.4, 0.5) is 5.69 Å². The van der Waals surface area contributed by atoms with E-state index < -0.39 is 28.5 Å². The van der Waals surface area contributed by atoms with Gasteiger partial charge < -0.3 is 19.7 Å². The van der Waals surface area contributed by atoms with E-state index in [4.69, 9.17) is 9.47 Å². The number of nitrogens with zero attached hydrogens (tertiary/aromatic N) is 2. The monoisotopic (exact) mass is 553 g/mol. The van der Waals surface area contributed by atoms with Crippen LogP contribution in [-0.4, -0.2) is 59.0 Å². The molecular weight excluding hydrogens is 518 g/mol. The fourth-order valence-corrected chi connectivity index (χ4v) is 5.43. The van der Waals surface area contributed by atoms with Crippen LogP contribution in [0.1, 0.15) is 23.6 Å². The molecule has 9 nitrogen and oxygen atoms in total. The van der Waals surface area contributed by atoms with Gasteiger partial charge in [-0.05, 0) is 50.6 Å². The quantitative estimate of drug-likeness (QED) is 0.389. The summed E-state index contributed by atoms with van der Waals surface area (Å²) in [5.74, 6) is -0.192. The topological polar surface area (TPSA) is 105 Å². The minimum atomic E-state index is -4.19. The molecule has 3 rings (SSSR count). The molecular formula is C29H35N3O6S. The number of benzene rings is 3. The van der Waals surface area contributed by atoms with Crippen LogP contribution >= 0.6 is 0 Å². The van der Waals surface area contributed by atoms with Gasteiger partial charge in [0.1, 0.15) is 12.6 Å². The Balaban J connectivity index is 2.08. The largest absolute Gasteiger partial charge is 0.493 e. The van der Waals surface area contributed by atoms with Gasteiger partial charge in [0, 0.05) is 19.7 Å². The standard InChI is InChI=1S/C29H35N3O6S/c1-20-7-11-23(12-8-20)18-31(22(3)29(34)30-4)28(33)19-32(24-13-16-26(37-5)27(17-24)38-6)39(35,36)25-14-9-21(2)10-15-25/h7-17,22H,18-19H2,1-6H3,(H,30,34)/t22-/m1/s1. The van der Waals surface area contributed by atoms with Crippen LogP contribution in [0.5, 0.6) is 11.5 Å². The average molecular weight is 554 g/mol. The van der Waals surface area contributed by atoms with Crippen LogP contribution in [0.15, 0.2) is 71.6 Å². The van der Waals surface area contributed by atoms with E-state index in [-0.39, 0.29) is 23.0 Å². The minimum Gasteiger partial charge on any atom is -0.493 e. The summed E-state index contributed by atoms with van der Waals surface area (Å²) in [4.78, 5) is 27.9. The number of rotatable bonds is 11. The van der Waals surface area contributed by atoms with E-state index in [2.05, 4.69) is 5.32 Å². The summed E-state index contributed by atoms with van der Waals surface area (Å²) in [5, 5.41) is 2.57. The van der Waals surface area contributed by atoms with Crippen LogP contribution in [0.2, 0.25) is 0 Å². The van der Waals surface area contributed by atoms with Crippen molar-refractivity contribution in [2.45, 2.75) is 38.3 Å². The van der Waals surface area contributed by atoms with Crippen molar-refractivity contribution in [2.75, 3.05) is 32.1 Å². The lowest BCUT2D eigenvalue weighted by Gasteiger charge is -2.32. The molecule has 0 aromatic heterocycles. The van der Waals surface area contributed by atoms with E-state index in [1.165, 1.54) is 44.4 Å². The van der Waals surface area contributed by atoms with E-state index in [1.54, 1.807) is 31.2 Å². The second-order valence-corrected chi connectivity index (χ2v) is 11.0. The van der Waals surface area contributed by atoms with Crippen LogP contribution in [-0.2, 0) is 26.2 Å². The van der Waals surface area contributed by atoms with Crippen molar-refractivity contribution in [1.29, 1.82) is 0 Å². The number of hydrogen-bond acceptors (Lipinski definition) is 6. The molecule has 0 fully saturated rings. The summed E-state index contributed by atoms with van der Waals surface area (Å²) < 4.78 is 39.6. The maximum Gasteiger partial charge on any atom is 0.264 e. The highest BCUT2D eigenvalue weighted by molar-refractivity contribution is 7.92. The van der Waals surface area contributed by atoms with Crippen molar-refractivity contribution >= 4 is 27.5 Å². The third-order valence-corrected chi connectivity index (χ3v) is 8.22. The third-order valence-electron chi connectivity index (χ3n) is 6.43. The zero-order chi connectivity index (χ0) is 28.7. The van der Waals surface area contributed by atoms with E-state index >= 15 is 0 Å². The van der Waals surface area contributed by atoms with E-state index in [9.17, 15) is 18.0 Å². The Labute approximate surface area is 230 Å². The highest BCUT2D eigenvalue weighted by Gasteiger charge is 2.32. The molecule has 0 saturated carbocycles. The first-order chi connectivity index (χ1) is 18.5. The average Bonchev–Trinajstić information content (AvgIpc) is 2.94. The lowest BCUT2D eigenvalue weighted by Crippen LogP contribution is -2.50. The molecule has 10 heteroatoms. The number of likely N-dealkylation sites (N-methyl/N-ethyl adjacent to an activating group) is 1. The van der Waals surface area contributed by atoms with Gasteiger partial charge >= 0.3 is 0 Å². The van der Waals surface area contributed by atoms with E-state index in [0.717, 1.165) is 21.0 Å². The predicted octanol–water partition coefficient (Wildman–Crippen LogP) is 3.68. The fraction of sp³-hybridized carbons (Fsp3) is 0.310. The number of hydrogen-bond donors (Lipinski definition) is 1. The van der Waals surface area contributed by atoms with E-state index in [0.29, 0.717) is 11.5 Å². The normalized spacial score (nSPS) is 11.8. The molecule has 0 spiro atoms. The second-order valence-electron chi connectivity index (χ2n) is 9.16. The molecule has 0 aliphatic carbocycles. The molecule has 2 amide bonds. The van der Waals surface area contributed by atoms with Crippen molar-refractivity contribution in [3.05, 3.63) is 83.4 Å². The van der Waals surface area contributed by atoms with Crippen molar-refractivity contribution in [3.63, 3.8) is 0 Å². The fourth-order valence-electron chi connectivity index (χ4n) is 4.03. The first-order valence-corrected chi connectivity index (χ1v) is 13.8. The summed E-state index contributed by atoms with van der Waals surface area (Å²) in [6.45, 7) is 5.00. The van der Waals surface area contributed by atoms with Crippen molar-refractivity contribution in [2.24, 2.45) is 0 Å². The summed E-state index contributed by atoms with van der Waals surface area (Å²) >= 11 is 0. The number of carbonyl (C=O) groups is 2. The number of nitrogens with one attached hydrogen (secondary N) is 1. The molecule has 0 saturated heterocycles. The molecule has 3 aromatic carbocycles. The van der Waals surface area contributed by atoms with Crippen LogP contribution in [0, 0.1) is 13.8 Å². The van der Waals surface area contributed by atoms with Gasteiger partial charge in [-0.2, -0.15) is 0 Å². The smallest absolute Gasteiger partial charge is 0.264 e. The predicted molar refractivity (Wildman–Crippen MR) is 151 cm³/mol. The molecule has 3 aromatic rings. The number of aryl methyl sites for hydroxylation is 2. The van der Waals surface area contributed by atoms with Crippen molar-refractivity contribution in [1.82, 2.24) is 10.2 Å². The molecule has 39 heavy (non-hydrogen) atoms. The zero-order valence-electron chi connectivity index (χ0n) is 23.1. The van der Waals surface area contributed by atoms with Crippen molar-refractivity contribution < 1.29 is 27.5 Å². The van der Waals surface area contributed by atoms with Gasteiger partial charge in [0.15, 0.2) is 11.5 Å². The van der Waals surface area contributed by atoms with Gasteiger partial charge in [0.2, 0.25) is 11.8 Å². The lowest BCUT2D eigenvalue weighted by molar-refractivity contribution is -0.139. The number of methoxy groups -OCH3 is 2. The number of sulfonamides is 1. The third kappa shape index (κ3) is 6.88. The Bertz CT molecular complexity index is 1410. The number of ether oxygens (including phenoxy) is 2. The molecule has 0 bridgehead atoms. The molecule has 1 atom stereocenters. The second kappa shape index (κ2) is 12.7. The van der Waals surface area contributed by atoms with Crippen molar-refractivity contribution in [3.8, 4) is 11.5 Å². The SMILES string of the molecule is CNC(=O)[C@@H](C)N(Cc1ccc(C)cc1)C(=O)CN(c1ccc(OC)c(OC)c1)S(=O)(=O)c1ccc(C)cc1. The molecule has 0 aliphatic rings. The van der Waals surface area contributed by atoms with Crippen LogP contribution in [0.3, 0.4) is 0 Å². The molecule has 0 aliphatic heterocycles. The Kier molecular flexibility index (Phi) is 9.58. The van der Waals surface area contributed by atoms with Gasteiger partial charge in [-0.1, -0.05) is 47.5 Å². The molecule has 0 unspecified atom stereocenters. The summed E-state index contributed by atoms with van der Waals surface area (Å²) in [7, 11) is 0.228. The number of carbonyl (C=O) groups excluding carboxylic acids is 2. The summed E-state index contributed by atoms with van der Waals surface area (Å²) in [6.07, 6.45) is 0. The highest BCUT2D eigenvalue weighted by Crippen LogP contribution is 2.34. The van der Waals surface area contributed by atoms with Gasteiger partial charge in [-0.3, -0.25) is 13.9 Å². The summed E-state index contributed by atoms with van der Waals surface area (Å²) in [6, 6.07) is 17.8. The Morgan fingerprint density at radius 3 is 1.97 bits per heavy atom.